The van der Waals surface area contributed by atoms with Crippen LogP contribution in [-0.4, -0.2) is 48.3 Å². The highest BCUT2D eigenvalue weighted by molar-refractivity contribution is 7.12. The van der Waals surface area contributed by atoms with Crippen LogP contribution in [-0.2, 0) is 9.53 Å². The van der Waals surface area contributed by atoms with Gasteiger partial charge < -0.3 is 20.1 Å². The Bertz CT molecular complexity index is 531. The highest BCUT2D eigenvalue weighted by Crippen LogP contribution is 2.23. The lowest BCUT2D eigenvalue weighted by Crippen LogP contribution is -2.48. The van der Waals surface area contributed by atoms with Gasteiger partial charge in [-0.05, 0) is 26.0 Å². The molecule has 0 aromatic carbocycles. The van der Waals surface area contributed by atoms with Crippen LogP contribution in [0, 0.1) is 12.8 Å². The molecule has 2 N–H and O–H groups in total. The molecule has 6 nitrogen and oxygen atoms in total. The van der Waals surface area contributed by atoms with Crippen molar-refractivity contribution >= 4 is 23.3 Å². The molecule has 0 aliphatic carbocycles. The van der Waals surface area contributed by atoms with E-state index in [1.165, 1.54) is 9.78 Å². The number of aryl methyl sites for hydroxylation is 1. The molecule has 1 aliphatic heterocycles. The summed E-state index contributed by atoms with van der Waals surface area (Å²) in [6.45, 7) is 4.34. The first-order valence-electron chi connectivity index (χ1n) is 6.80. The van der Waals surface area contributed by atoms with Crippen molar-refractivity contribution in [2.75, 3.05) is 20.3 Å². The molecule has 0 saturated carbocycles. The molecule has 0 radical (unpaired) electrons. The Morgan fingerprint density at radius 3 is 2.76 bits per heavy atom. The lowest BCUT2D eigenvalue weighted by atomic mass is 10.0. The fourth-order valence-corrected chi connectivity index (χ4v) is 3.24. The first-order valence-corrected chi connectivity index (χ1v) is 7.62. The van der Waals surface area contributed by atoms with Crippen molar-refractivity contribution in [1.29, 1.82) is 0 Å². The average molecular weight is 312 g/mol. The van der Waals surface area contributed by atoms with E-state index in [-0.39, 0.29) is 25.3 Å². The monoisotopic (exact) mass is 312 g/mol. The lowest BCUT2D eigenvalue weighted by Gasteiger charge is -2.27. The number of carboxylic acids is 1. The van der Waals surface area contributed by atoms with Gasteiger partial charge in [-0.2, -0.15) is 0 Å². The van der Waals surface area contributed by atoms with E-state index in [9.17, 15) is 9.59 Å². The maximum Gasteiger partial charge on any atom is 0.317 e. The normalized spacial score (nSPS) is 22.8. The molecule has 1 aliphatic rings. The van der Waals surface area contributed by atoms with Gasteiger partial charge in [-0.15, -0.1) is 11.3 Å². The highest BCUT2D eigenvalue weighted by Gasteiger charge is 2.38. The Morgan fingerprint density at radius 1 is 1.48 bits per heavy atom. The van der Waals surface area contributed by atoms with Crippen molar-refractivity contribution in [3.8, 4) is 0 Å². The van der Waals surface area contributed by atoms with Crippen molar-refractivity contribution in [3.05, 3.63) is 21.9 Å². The van der Waals surface area contributed by atoms with Crippen LogP contribution in [0.25, 0.3) is 0 Å². The van der Waals surface area contributed by atoms with Crippen LogP contribution < -0.4 is 5.32 Å². The molecule has 7 heteroatoms. The van der Waals surface area contributed by atoms with Gasteiger partial charge >= 0.3 is 12.0 Å². The Morgan fingerprint density at radius 2 is 2.19 bits per heavy atom. The second-order valence-electron chi connectivity index (χ2n) is 5.28. The molecule has 0 spiro atoms. The zero-order valence-electron chi connectivity index (χ0n) is 12.3. The summed E-state index contributed by atoms with van der Waals surface area (Å²) in [5.74, 6) is -1.60. The fourth-order valence-electron chi connectivity index (χ4n) is 2.36. The largest absolute Gasteiger partial charge is 0.481 e. The SMILES string of the molecule is Cc1ccc(C(C)NC(=O)N(C)C2COCC2C(=O)O)s1. The smallest absolute Gasteiger partial charge is 0.317 e. The van der Waals surface area contributed by atoms with Gasteiger partial charge in [-0.25, -0.2) is 4.79 Å². The summed E-state index contributed by atoms with van der Waals surface area (Å²) < 4.78 is 5.19. The number of thiophene rings is 1. The van der Waals surface area contributed by atoms with Crippen molar-refractivity contribution < 1.29 is 19.4 Å². The van der Waals surface area contributed by atoms with Crippen molar-refractivity contribution in [2.24, 2.45) is 5.92 Å². The number of amides is 2. The number of aliphatic carboxylic acids is 1. The molecule has 2 amide bonds. The number of hydrogen-bond acceptors (Lipinski definition) is 4. The van der Waals surface area contributed by atoms with E-state index in [0.29, 0.717) is 0 Å². The number of nitrogens with one attached hydrogen (secondary N) is 1. The van der Waals surface area contributed by atoms with Gasteiger partial charge in [0.15, 0.2) is 0 Å². The van der Waals surface area contributed by atoms with Gasteiger partial charge in [0.25, 0.3) is 0 Å². The topological polar surface area (TPSA) is 78.9 Å². The molecule has 1 fully saturated rings. The summed E-state index contributed by atoms with van der Waals surface area (Å²) in [6.07, 6.45) is 0. The number of carbonyl (C=O) groups excluding carboxylic acids is 1. The third kappa shape index (κ3) is 3.54. The quantitative estimate of drug-likeness (QED) is 0.889. The van der Waals surface area contributed by atoms with E-state index in [1.807, 2.05) is 26.0 Å². The maximum atomic E-state index is 12.3. The minimum absolute atomic E-state index is 0.107. The van der Waals surface area contributed by atoms with Crippen LogP contribution in [0.1, 0.15) is 22.7 Å². The van der Waals surface area contributed by atoms with Gasteiger partial charge in [-0.3, -0.25) is 4.79 Å². The Labute approximate surface area is 127 Å². The number of likely N-dealkylation sites (N-methyl/N-ethyl adjacent to an activating group) is 1. The summed E-state index contributed by atoms with van der Waals surface area (Å²) in [5, 5.41) is 12.0. The third-order valence-electron chi connectivity index (χ3n) is 3.71. The summed E-state index contributed by atoms with van der Waals surface area (Å²) in [5.41, 5.74) is 0. The second-order valence-corrected chi connectivity index (χ2v) is 6.60. The minimum Gasteiger partial charge on any atom is -0.481 e. The molecule has 1 aromatic heterocycles. The van der Waals surface area contributed by atoms with E-state index in [4.69, 9.17) is 9.84 Å². The van der Waals surface area contributed by atoms with Crippen molar-refractivity contribution in [2.45, 2.75) is 25.9 Å². The summed E-state index contributed by atoms with van der Waals surface area (Å²) in [6, 6.07) is 3.18. The van der Waals surface area contributed by atoms with E-state index in [1.54, 1.807) is 18.4 Å². The molecule has 2 heterocycles. The average Bonchev–Trinajstić information content (AvgIpc) is 3.05. The molecular weight excluding hydrogens is 292 g/mol. The highest BCUT2D eigenvalue weighted by atomic mass is 32.1. The number of nitrogens with zero attached hydrogens (tertiary/aromatic N) is 1. The number of ether oxygens (including phenoxy) is 1. The minimum atomic E-state index is -0.931. The van der Waals surface area contributed by atoms with Crippen LogP contribution in [0.15, 0.2) is 12.1 Å². The zero-order chi connectivity index (χ0) is 15.6. The zero-order valence-corrected chi connectivity index (χ0v) is 13.1. The standard InChI is InChI=1S/C14H20N2O4S/c1-8-4-5-12(21-8)9(2)15-14(19)16(3)11-7-20-6-10(11)13(17)18/h4-5,9-11H,6-7H2,1-3H3,(H,15,19)(H,17,18). The maximum absolute atomic E-state index is 12.3. The van der Waals surface area contributed by atoms with Crippen molar-refractivity contribution in [1.82, 2.24) is 10.2 Å². The van der Waals surface area contributed by atoms with E-state index in [0.717, 1.165) is 4.88 Å². The predicted octanol–water partition coefficient (Wildman–Crippen LogP) is 1.86. The summed E-state index contributed by atoms with van der Waals surface area (Å²) in [4.78, 5) is 27.1. The van der Waals surface area contributed by atoms with Crippen LogP contribution in [0.5, 0.6) is 0 Å². The molecular formula is C14H20N2O4S. The molecule has 3 unspecified atom stereocenters. The first kappa shape index (κ1) is 15.8. The van der Waals surface area contributed by atoms with Gasteiger partial charge in [0.2, 0.25) is 0 Å². The number of rotatable bonds is 4. The number of hydrogen-bond donors (Lipinski definition) is 2. The molecule has 3 atom stereocenters. The second kappa shape index (κ2) is 6.44. The van der Waals surface area contributed by atoms with Crippen LogP contribution in [0.2, 0.25) is 0 Å². The summed E-state index contributed by atoms with van der Waals surface area (Å²) in [7, 11) is 1.61. The van der Waals surface area contributed by atoms with Crippen LogP contribution >= 0.6 is 11.3 Å². The Kier molecular flexibility index (Phi) is 4.84. The van der Waals surface area contributed by atoms with Gasteiger partial charge in [0.05, 0.1) is 25.3 Å². The molecule has 1 saturated heterocycles. The molecule has 1 aromatic rings. The van der Waals surface area contributed by atoms with E-state index < -0.39 is 17.9 Å². The predicted molar refractivity (Wildman–Crippen MR) is 79.5 cm³/mol. The number of carboxylic acid groups (broad SMARTS) is 1. The van der Waals surface area contributed by atoms with Gasteiger partial charge in [0.1, 0.15) is 5.92 Å². The third-order valence-corrected chi connectivity index (χ3v) is 4.90. The molecule has 0 bridgehead atoms. The Balaban J connectivity index is 1.97. The Hall–Kier alpha value is -1.60. The van der Waals surface area contributed by atoms with Crippen LogP contribution in [0.3, 0.4) is 0 Å². The molecule has 116 valence electrons. The fraction of sp³-hybridized carbons (Fsp3) is 0.571. The number of urea groups is 1. The van der Waals surface area contributed by atoms with E-state index >= 15 is 0 Å². The summed E-state index contributed by atoms with van der Waals surface area (Å²) >= 11 is 1.64. The first-order chi connectivity index (χ1) is 9.90. The van der Waals surface area contributed by atoms with Crippen molar-refractivity contribution in [3.63, 3.8) is 0 Å². The van der Waals surface area contributed by atoms with Gasteiger partial charge in [0, 0.05) is 16.8 Å². The molecule has 21 heavy (non-hydrogen) atoms. The van der Waals surface area contributed by atoms with E-state index in [2.05, 4.69) is 5.32 Å². The lowest BCUT2D eigenvalue weighted by molar-refractivity contribution is -0.142. The molecule has 2 rings (SSSR count). The van der Waals surface area contributed by atoms with Gasteiger partial charge in [-0.1, -0.05) is 0 Å². The van der Waals surface area contributed by atoms with Crippen LogP contribution in [0.4, 0.5) is 4.79 Å². The number of carbonyl (C=O) groups is 2.